The number of allylic oxidation sites excluding steroid dienone is 1. The Kier molecular flexibility index (Phi) is 11.7. The molecule has 8 rings (SSSR count). The molecule has 1 fully saturated rings. The topological polar surface area (TPSA) is 163 Å². The number of esters is 2. The van der Waals surface area contributed by atoms with E-state index in [1.54, 1.807) is 13.0 Å². The van der Waals surface area contributed by atoms with Crippen molar-refractivity contribution in [3.63, 3.8) is 0 Å². The molecule has 10 heteroatoms. The second kappa shape index (κ2) is 17.0. The van der Waals surface area contributed by atoms with E-state index < -0.39 is 41.6 Å². The predicted molar refractivity (Wildman–Crippen MR) is 222 cm³/mol. The minimum Gasteiger partial charge on any atom is -0.508 e. The van der Waals surface area contributed by atoms with Crippen LogP contribution in [0.25, 0.3) is 0 Å². The van der Waals surface area contributed by atoms with E-state index in [9.17, 15) is 30.0 Å². The zero-order valence-corrected chi connectivity index (χ0v) is 34.0. The minimum absolute atomic E-state index is 0.00278. The molecular formula is C49H55NO9. The molecule has 310 valence electrons. The van der Waals surface area contributed by atoms with Crippen LogP contribution in [0.4, 0.5) is 5.69 Å². The Morgan fingerprint density at radius 3 is 2.47 bits per heavy atom. The van der Waals surface area contributed by atoms with Gasteiger partial charge in [-0.05, 0) is 122 Å². The Morgan fingerprint density at radius 2 is 1.69 bits per heavy atom. The zero-order valence-electron chi connectivity index (χ0n) is 34.0. The number of benzene rings is 3. The first-order chi connectivity index (χ1) is 28.4. The number of anilines is 1. The van der Waals surface area contributed by atoms with Crippen LogP contribution in [0.5, 0.6) is 11.5 Å². The summed E-state index contributed by atoms with van der Waals surface area (Å²) in [4.78, 5) is 41.8. The molecule has 0 spiro atoms. The predicted octanol–water partition coefficient (Wildman–Crippen LogP) is 6.66. The van der Waals surface area contributed by atoms with Crippen LogP contribution in [0.15, 0.2) is 59.7 Å². The largest absolute Gasteiger partial charge is 0.508 e. The van der Waals surface area contributed by atoms with E-state index in [0.717, 1.165) is 16.7 Å². The van der Waals surface area contributed by atoms with E-state index in [1.807, 2.05) is 25.1 Å². The summed E-state index contributed by atoms with van der Waals surface area (Å²) in [7, 11) is 0. The Hall–Kier alpha value is -4.95. The summed E-state index contributed by atoms with van der Waals surface area (Å²) in [5.41, 5.74) is 6.54. The van der Waals surface area contributed by atoms with Gasteiger partial charge in [-0.15, -0.1) is 0 Å². The van der Waals surface area contributed by atoms with Gasteiger partial charge in [0, 0.05) is 54.1 Å². The van der Waals surface area contributed by atoms with Crippen molar-refractivity contribution < 1.29 is 44.3 Å². The minimum atomic E-state index is -1.54. The maximum absolute atomic E-state index is 15.3. The Morgan fingerprint density at radius 1 is 0.898 bits per heavy atom. The van der Waals surface area contributed by atoms with Crippen LogP contribution in [0.2, 0.25) is 0 Å². The van der Waals surface area contributed by atoms with Crippen molar-refractivity contribution in [3.8, 4) is 23.3 Å². The van der Waals surface area contributed by atoms with E-state index in [0.29, 0.717) is 92.2 Å². The second-order valence-corrected chi connectivity index (χ2v) is 17.5. The number of carbonyl (C=O) groups excluding carboxylic acids is 3. The summed E-state index contributed by atoms with van der Waals surface area (Å²) in [6, 6.07) is 15.3. The molecule has 9 bridgehead atoms. The maximum atomic E-state index is 15.3. The summed E-state index contributed by atoms with van der Waals surface area (Å²) in [6.45, 7) is 3.71. The first kappa shape index (κ1) is 40.8. The van der Waals surface area contributed by atoms with Crippen LogP contribution in [0.1, 0.15) is 122 Å². The number of hydrogen-bond acceptors (Lipinski definition) is 10. The highest BCUT2D eigenvalue weighted by Gasteiger charge is 2.49. The molecule has 3 aromatic rings. The first-order valence-corrected chi connectivity index (χ1v) is 21.4. The van der Waals surface area contributed by atoms with Crippen LogP contribution in [0.3, 0.4) is 0 Å². The number of fused-ring (bicyclic) bond motifs is 9. The SMILES string of the molecule is CCCC1(O)C2CCC(=O)C(Cc3ccc4c(c3)CCC(=C3CC(c5cc(CO)cc(NCC(C)O)c5)C#CC5CC(=O)Oc6cc(O)c(cc65)CC1OC3=O)CC4)C2. The number of phenols is 1. The molecule has 3 aromatic carbocycles. The van der Waals surface area contributed by atoms with E-state index in [1.165, 1.54) is 17.2 Å². The van der Waals surface area contributed by atoms with Gasteiger partial charge in [0.25, 0.3) is 0 Å². The van der Waals surface area contributed by atoms with Gasteiger partial charge in [0.05, 0.1) is 25.0 Å². The third kappa shape index (κ3) is 8.57. The molecule has 10 nitrogen and oxygen atoms in total. The van der Waals surface area contributed by atoms with Crippen molar-refractivity contribution in [2.75, 3.05) is 11.9 Å². The zero-order chi connectivity index (χ0) is 41.4. The molecule has 3 aliphatic heterocycles. The lowest BCUT2D eigenvalue weighted by Gasteiger charge is -2.45. The number of rotatable bonds is 7. The third-order valence-corrected chi connectivity index (χ3v) is 13.4. The molecule has 7 unspecified atom stereocenters. The van der Waals surface area contributed by atoms with Crippen LogP contribution >= 0.6 is 0 Å². The smallest absolute Gasteiger partial charge is 0.334 e. The summed E-state index contributed by atoms with van der Waals surface area (Å²) in [6.07, 6.45) is 3.78. The van der Waals surface area contributed by atoms with Crippen molar-refractivity contribution in [2.45, 2.75) is 134 Å². The lowest BCUT2D eigenvalue weighted by Crippen LogP contribution is -2.54. The number of hydrogen-bond donors (Lipinski definition) is 5. The van der Waals surface area contributed by atoms with Gasteiger partial charge in [0.1, 0.15) is 29.0 Å². The molecule has 59 heavy (non-hydrogen) atoms. The van der Waals surface area contributed by atoms with Crippen molar-refractivity contribution >= 4 is 23.4 Å². The summed E-state index contributed by atoms with van der Waals surface area (Å²) < 4.78 is 12.4. The van der Waals surface area contributed by atoms with Gasteiger partial charge < -0.3 is 35.2 Å². The summed E-state index contributed by atoms with van der Waals surface area (Å²) in [5.74, 6) is 4.27. The number of aromatic hydroxyl groups is 1. The fourth-order valence-electron chi connectivity index (χ4n) is 10.2. The van der Waals surface area contributed by atoms with E-state index >= 15 is 4.79 Å². The molecule has 0 radical (unpaired) electrons. The third-order valence-electron chi connectivity index (χ3n) is 13.4. The number of aliphatic hydroxyl groups excluding tert-OH is 2. The number of Topliss-reactive ketones (excluding diaryl/α,β-unsaturated/α-hetero) is 1. The van der Waals surface area contributed by atoms with Gasteiger partial charge in [-0.25, -0.2) is 4.79 Å². The first-order valence-electron chi connectivity index (χ1n) is 21.4. The van der Waals surface area contributed by atoms with Gasteiger partial charge in [-0.3, -0.25) is 9.59 Å². The van der Waals surface area contributed by atoms with Crippen LogP contribution in [0, 0.1) is 23.7 Å². The summed E-state index contributed by atoms with van der Waals surface area (Å²) >= 11 is 0. The number of phenolic OH excluding ortho intramolecular Hbond substituents is 1. The monoisotopic (exact) mass is 801 g/mol. The molecule has 0 saturated heterocycles. The number of carbonyl (C=O) groups is 3. The lowest BCUT2D eigenvalue weighted by molar-refractivity contribution is -0.176. The number of ketones is 1. The highest BCUT2D eigenvalue weighted by atomic mass is 16.6. The quantitative estimate of drug-likeness (QED) is 0.0993. The second-order valence-electron chi connectivity index (χ2n) is 17.5. The van der Waals surface area contributed by atoms with Crippen LogP contribution in [-0.4, -0.2) is 62.5 Å². The van der Waals surface area contributed by atoms with Crippen LogP contribution < -0.4 is 10.1 Å². The number of ether oxygens (including phenoxy) is 2. The number of aryl methyl sites for hydroxylation is 2. The molecule has 2 aliphatic carbocycles. The highest BCUT2D eigenvalue weighted by molar-refractivity contribution is 5.90. The molecular weight excluding hydrogens is 747 g/mol. The van der Waals surface area contributed by atoms with Crippen LogP contribution in [-0.2, 0) is 51.4 Å². The Balaban J connectivity index is 1.35. The summed E-state index contributed by atoms with van der Waals surface area (Å²) in [5, 5.41) is 48.4. The molecule has 3 heterocycles. The van der Waals surface area contributed by atoms with E-state index in [4.69, 9.17) is 9.47 Å². The highest BCUT2D eigenvalue weighted by Crippen LogP contribution is 2.46. The molecule has 5 aliphatic rings. The van der Waals surface area contributed by atoms with Gasteiger partial charge in [0.2, 0.25) is 0 Å². The van der Waals surface area contributed by atoms with Gasteiger partial charge in [-0.1, -0.05) is 55.0 Å². The standard InChI is InChI=1S/C49H55NO9/c1-3-14-49(57)39-12-13-43(53)37(19-39)16-29-4-5-31-6-7-32(8-9-33(31)15-29)42-21-34(36-17-30(27-51)18-40(20-36)50-26-28(2)52)10-11-35-24-47(55)58-45-25-44(54)38(22-41(35)45)23-46(49)59-48(42)56/h4-5,15,17-18,20,22,25,28,34-35,37,39,46,50-52,54,57H,3,6-9,12-14,16,19,21,23-24,26-27H2,1-2H3. The van der Waals surface area contributed by atoms with Gasteiger partial charge >= 0.3 is 11.9 Å². The maximum Gasteiger partial charge on any atom is 0.334 e. The van der Waals surface area contributed by atoms with Crippen molar-refractivity contribution in [3.05, 3.63) is 98.6 Å². The van der Waals surface area contributed by atoms with E-state index in [-0.39, 0.29) is 61.5 Å². The van der Waals surface area contributed by atoms with Gasteiger partial charge in [-0.2, -0.15) is 0 Å². The molecule has 0 amide bonds. The molecule has 7 atom stereocenters. The van der Waals surface area contributed by atoms with E-state index in [2.05, 4.69) is 35.4 Å². The molecule has 0 aromatic heterocycles. The number of nitrogens with one attached hydrogen (secondary N) is 1. The molecule has 5 N–H and O–H groups in total. The van der Waals surface area contributed by atoms with Gasteiger partial charge in [0.15, 0.2) is 0 Å². The average Bonchev–Trinajstić information content (AvgIpc) is 3.42. The normalized spacial score (nSPS) is 27.1. The van der Waals surface area contributed by atoms with Crippen molar-refractivity contribution in [1.82, 2.24) is 0 Å². The Labute approximate surface area is 346 Å². The van der Waals surface area contributed by atoms with Crippen molar-refractivity contribution in [1.29, 1.82) is 0 Å². The number of aliphatic hydroxyl groups is 3. The lowest BCUT2D eigenvalue weighted by atomic mass is 9.66. The average molecular weight is 802 g/mol. The fraction of sp³-hybridized carbons (Fsp3) is 0.490. The molecule has 1 saturated carbocycles. The fourth-order valence-corrected chi connectivity index (χ4v) is 10.2. The Bertz CT molecular complexity index is 2250. The van der Waals surface area contributed by atoms with Crippen molar-refractivity contribution in [2.24, 2.45) is 11.8 Å².